The van der Waals surface area contributed by atoms with Gasteiger partial charge in [-0.25, -0.2) is 0 Å². The molecule has 1 aromatic rings. The lowest BCUT2D eigenvalue weighted by Crippen LogP contribution is -2.55. The molecule has 0 bridgehead atoms. The van der Waals surface area contributed by atoms with Crippen LogP contribution < -0.4 is 10.2 Å². The quantitative estimate of drug-likeness (QED) is 0.645. The van der Waals surface area contributed by atoms with Crippen LogP contribution in [0.5, 0.6) is 0 Å². The molecule has 4 atom stereocenters. The molecule has 0 spiro atoms. The lowest BCUT2D eigenvalue weighted by atomic mass is 9.74. The number of rotatable bonds is 6. The van der Waals surface area contributed by atoms with Gasteiger partial charge in [0.25, 0.3) is 0 Å². The number of alkyl halides is 3. The average Bonchev–Trinajstić information content (AvgIpc) is 3.29. The summed E-state index contributed by atoms with van der Waals surface area (Å²) >= 11 is 0. The smallest absolute Gasteiger partial charge is 0.379 e. The molecule has 6 nitrogen and oxygen atoms in total. The molecule has 4 unspecified atom stereocenters. The van der Waals surface area contributed by atoms with E-state index in [1.165, 1.54) is 12.1 Å². The van der Waals surface area contributed by atoms with Gasteiger partial charge >= 0.3 is 6.18 Å². The first-order valence-corrected chi connectivity index (χ1v) is 12.7. The minimum atomic E-state index is -4.36. The van der Waals surface area contributed by atoms with Gasteiger partial charge in [0, 0.05) is 57.7 Å². The highest BCUT2D eigenvalue weighted by atomic mass is 19.4. The highest BCUT2D eigenvalue weighted by Crippen LogP contribution is 2.46. The minimum absolute atomic E-state index is 0.0254. The van der Waals surface area contributed by atoms with Crippen molar-refractivity contribution in [3.05, 3.63) is 29.8 Å². The molecule has 9 heteroatoms. The van der Waals surface area contributed by atoms with Crippen LogP contribution in [0.1, 0.15) is 45.1 Å². The number of amides is 1. The number of anilines is 1. The van der Waals surface area contributed by atoms with Crippen LogP contribution in [-0.2, 0) is 20.4 Å². The van der Waals surface area contributed by atoms with Crippen molar-refractivity contribution >= 4 is 11.6 Å². The molecule has 4 rings (SSSR count). The number of carbonyl (C=O) groups is 1. The summed E-state index contributed by atoms with van der Waals surface area (Å²) in [5.41, 5.74) is -0.499. The van der Waals surface area contributed by atoms with E-state index >= 15 is 0 Å². The fourth-order valence-corrected chi connectivity index (χ4v) is 5.98. The monoisotopic (exact) mass is 497 g/mol. The van der Waals surface area contributed by atoms with Crippen LogP contribution in [0.2, 0.25) is 0 Å². The molecular weight excluding hydrogens is 459 g/mol. The van der Waals surface area contributed by atoms with Crippen LogP contribution in [0.25, 0.3) is 0 Å². The van der Waals surface area contributed by atoms with Gasteiger partial charge < -0.3 is 24.6 Å². The number of benzene rings is 1. The molecule has 1 aliphatic carbocycles. The fourth-order valence-electron chi connectivity index (χ4n) is 5.98. The van der Waals surface area contributed by atoms with Gasteiger partial charge in [-0.2, -0.15) is 13.2 Å². The van der Waals surface area contributed by atoms with Crippen molar-refractivity contribution in [1.29, 1.82) is 0 Å². The van der Waals surface area contributed by atoms with Crippen LogP contribution >= 0.6 is 0 Å². The second-order valence-corrected chi connectivity index (χ2v) is 10.5. The Bertz CT molecular complexity index is 873. The maximum atomic E-state index is 13.8. The van der Waals surface area contributed by atoms with Crippen LogP contribution in [-0.4, -0.2) is 75.5 Å². The molecule has 2 heterocycles. The first-order valence-electron chi connectivity index (χ1n) is 12.7. The van der Waals surface area contributed by atoms with Gasteiger partial charge in [0.15, 0.2) is 0 Å². The Balaban J connectivity index is 1.38. The molecule has 0 radical (unpaired) electrons. The molecule has 1 N–H and O–H groups in total. The molecule has 196 valence electrons. The number of ether oxygens (including phenoxy) is 2. The minimum Gasteiger partial charge on any atom is -0.379 e. The van der Waals surface area contributed by atoms with Gasteiger partial charge in [0.2, 0.25) is 5.91 Å². The van der Waals surface area contributed by atoms with Crippen molar-refractivity contribution in [2.45, 2.75) is 63.9 Å². The Morgan fingerprint density at radius 1 is 1.20 bits per heavy atom. The van der Waals surface area contributed by atoms with Crippen molar-refractivity contribution in [1.82, 2.24) is 10.2 Å². The molecule has 1 amide bonds. The molecule has 1 aromatic carbocycles. The number of hydrogen-bond acceptors (Lipinski definition) is 5. The van der Waals surface area contributed by atoms with Crippen molar-refractivity contribution in [2.24, 2.45) is 11.3 Å². The summed E-state index contributed by atoms with van der Waals surface area (Å²) in [7, 11) is 1.71. The molecule has 35 heavy (non-hydrogen) atoms. The number of carbonyl (C=O) groups excluding carboxylic acids is 1. The van der Waals surface area contributed by atoms with Crippen LogP contribution in [0, 0.1) is 11.3 Å². The number of hydrogen-bond donors (Lipinski definition) is 1. The Labute approximate surface area is 206 Å². The zero-order valence-electron chi connectivity index (χ0n) is 20.9. The Hall–Kier alpha value is -1.84. The van der Waals surface area contributed by atoms with Gasteiger partial charge in [-0.15, -0.1) is 0 Å². The van der Waals surface area contributed by atoms with Crippen molar-refractivity contribution in [3.63, 3.8) is 0 Å². The maximum Gasteiger partial charge on any atom is 0.416 e. The summed E-state index contributed by atoms with van der Waals surface area (Å²) < 4.78 is 50.5. The summed E-state index contributed by atoms with van der Waals surface area (Å²) in [6.45, 7) is 7.67. The van der Waals surface area contributed by atoms with E-state index in [9.17, 15) is 18.0 Å². The average molecular weight is 498 g/mol. The van der Waals surface area contributed by atoms with Crippen LogP contribution in [0.15, 0.2) is 24.3 Å². The van der Waals surface area contributed by atoms with E-state index in [0.717, 1.165) is 31.7 Å². The summed E-state index contributed by atoms with van der Waals surface area (Å²) in [6, 6.07) is 5.93. The third kappa shape index (κ3) is 5.62. The molecular formula is C26H38F3N3O3. The summed E-state index contributed by atoms with van der Waals surface area (Å²) in [5.74, 6) is 0.395. The van der Waals surface area contributed by atoms with Gasteiger partial charge in [-0.3, -0.25) is 4.79 Å². The van der Waals surface area contributed by atoms with E-state index < -0.39 is 17.2 Å². The first-order chi connectivity index (χ1) is 16.6. The third-order valence-corrected chi connectivity index (χ3v) is 8.24. The number of methoxy groups -OCH3 is 1. The number of piperazine rings is 1. The highest BCUT2D eigenvalue weighted by Gasteiger charge is 2.50. The second kappa shape index (κ2) is 10.6. The Kier molecular flexibility index (Phi) is 7.98. The number of nitrogens with one attached hydrogen (secondary N) is 1. The third-order valence-electron chi connectivity index (χ3n) is 8.24. The number of nitrogens with zero attached hydrogens (tertiary/aromatic N) is 2. The number of halogens is 3. The van der Waals surface area contributed by atoms with E-state index in [1.54, 1.807) is 13.2 Å². The summed E-state index contributed by atoms with van der Waals surface area (Å²) in [4.78, 5) is 17.7. The standard InChI is InChI=1S/C26H38F3N3O3/c1-18(2)25(9-7-20(16-25)30-22-8-14-35-17-23(22)34-3)24(33)32-12-10-31(11-13-32)21-6-4-5-19(15-21)26(27,28)29/h4-6,15,18,20,22-23,30H,7-14,16-17H2,1-3H3. The summed E-state index contributed by atoms with van der Waals surface area (Å²) in [5, 5.41) is 3.76. The van der Waals surface area contributed by atoms with E-state index in [0.29, 0.717) is 45.1 Å². The van der Waals surface area contributed by atoms with Crippen molar-refractivity contribution < 1.29 is 27.4 Å². The fraction of sp³-hybridized carbons (Fsp3) is 0.731. The summed E-state index contributed by atoms with van der Waals surface area (Å²) in [6.07, 6.45) is -0.853. The van der Waals surface area contributed by atoms with Crippen molar-refractivity contribution in [3.8, 4) is 0 Å². The second-order valence-electron chi connectivity index (χ2n) is 10.5. The lowest BCUT2D eigenvalue weighted by molar-refractivity contribution is -0.145. The lowest BCUT2D eigenvalue weighted by Gasteiger charge is -2.42. The largest absolute Gasteiger partial charge is 0.416 e. The van der Waals surface area contributed by atoms with Gasteiger partial charge in [-0.05, 0) is 49.8 Å². The van der Waals surface area contributed by atoms with Crippen molar-refractivity contribution in [2.75, 3.05) is 51.4 Å². The van der Waals surface area contributed by atoms with E-state index in [-0.39, 0.29) is 30.0 Å². The molecule has 3 fully saturated rings. The maximum absolute atomic E-state index is 13.8. The zero-order chi connectivity index (χ0) is 25.2. The van der Waals surface area contributed by atoms with Gasteiger partial charge in [0.1, 0.15) is 0 Å². The molecule has 2 aliphatic heterocycles. The normalized spacial score (nSPS) is 30.2. The van der Waals surface area contributed by atoms with E-state index in [4.69, 9.17) is 9.47 Å². The molecule has 2 saturated heterocycles. The zero-order valence-corrected chi connectivity index (χ0v) is 20.9. The Morgan fingerprint density at radius 2 is 1.94 bits per heavy atom. The predicted molar refractivity (Wildman–Crippen MR) is 128 cm³/mol. The Morgan fingerprint density at radius 3 is 2.60 bits per heavy atom. The SMILES string of the molecule is COC1COCCC1NC1CCC(C(=O)N2CCN(c3cccc(C(F)(F)F)c3)CC2)(C(C)C)C1. The van der Waals surface area contributed by atoms with E-state index in [1.807, 2.05) is 9.80 Å². The predicted octanol–water partition coefficient (Wildman–Crippen LogP) is 3.94. The molecule has 3 aliphatic rings. The first kappa shape index (κ1) is 26.2. The van der Waals surface area contributed by atoms with E-state index in [2.05, 4.69) is 19.2 Å². The van der Waals surface area contributed by atoms with Gasteiger partial charge in [0.05, 0.1) is 23.7 Å². The molecule has 0 aromatic heterocycles. The van der Waals surface area contributed by atoms with Crippen LogP contribution in [0.3, 0.4) is 0 Å². The highest BCUT2D eigenvalue weighted by molar-refractivity contribution is 5.84. The van der Waals surface area contributed by atoms with Crippen LogP contribution in [0.4, 0.5) is 18.9 Å². The van der Waals surface area contributed by atoms with Gasteiger partial charge in [-0.1, -0.05) is 19.9 Å². The molecule has 1 saturated carbocycles. The topological polar surface area (TPSA) is 54.0 Å².